The highest BCUT2D eigenvalue weighted by Crippen LogP contribution is 2.35. The third-order valence-corrected chi connectivity index (χ3v) is 9.43. The molecule has 0 radical (unpaired) electrons. The van der Waals surface area contributed by atoms with E-state index in [0.717, 1.165) is 83.4 Å². The predicted molar refractivity (Wildman–Crippen MR) is 149 cm³/mol. The highest BCUT2D eigenvalue weighted by Gasteiger charge is 2.52. The van der Waals surface area contributed by atoms with Crippen LogP contribution in [-0.2, 0) is 4.79 Å². The number of rotatable bonds is 3. The van der Waals surface area contributed by atoms with E-state index < -0.39 is 5.60 Å². The minimum atomic E-state index is -0.723. The Hall–Kier alpha value is -1.95. The third-order valence-electron chi connectivity index (χ3n) is 9.43. The summed E-state index contributed by atoms with van der Waals surface area (Å²) >= 11 is 0. The van der Waals surface area contributed by atoms with Crippen molar-refractivity contribution in [2.75, 3.05) is 56.5 Å². The lowest BCUT2D eigenvalue weighted by Crippen LogP contribution is -2.69. The Balaban J connectivity index is 1.16. The minimum Gasteiger partial charge on any atom is -0.389 e. The monoisotopic (exact) mass is 526 g/mol. The van der Waals surface area contributed by atoms with Crippen LogP contribution in [0.25, 0.3) is 0 Å². The van der Waals surface area contributed by atoms with Crippen LogP contribution in [0, 0.1) is 5.92 Å². The molecule has 1 amide bonds. The number of likely N-dealkylation sites (N-methyl/N-ethyl adjacent to an activating group) is 1. The summed E-state index contributed by atoms with van der Waals surface area (Å²) in [6.07, 6.45) is 6.59. The van der Waals surface area contributed by atoms with Crippen molar-refractivity contribution in [3.8, 4) is 0 Å². The Labute approximate surface area is 227 Å². The summed E-state index contributed by atoms with van der Waals surface area (Å²) in [5.74, 6) is 0.0817. The van der Waals surface area contributed by atoms with E-state index >= 15 is 0 Å². The number of nitrogens with zero attached hydrogens (tertiary/aromatic N) is 4. The Bertz CT molecular complexity index is 966. The molecule has 0 spiro atoms. The lowest BCUT2D eigenvalue weighted by Gasteiger charge is -2.47. The summed E-state index contributed by atoms with van der Waals surface area (Å²) in [5.41, 5.74) is 1.60. The molecule has 5 saturated heterocycles. The van der Waals surface area contributed by atoms with E-state index in [4.69, 9.17) is 0 Å². The van der Waals surface area contributed by atoms with Crippen molar-refractivity contribution in [1.29, 1.82) is 0 Å². The van der Waals surface area contributed by atoms with Crippen LogP contribution in [0.15, 0.2) is 24.3 Å². The number of hydrazine groups is 1. The van der Waals surface area contributed by atoms with Crippen LogP contribution in [0.4, 0.5) is 11.4 Å². The lowest BCUT2D eigenvalue weighted by molar-refractivity contribution is -0.148. The largest absolute Gasteiger partial charge is 0.389 e. The van der Waals surface area contributed by atoms with Gasteiger partial charge in [-0.05, 0) is 70.3 Å². The zero-order chi connectivity index (χ0) is 26.3. The van der Waals surface area contributed by atoms with Gasteiger partial charge < -0.3 is 20.2 Å². The van der Waals surface area contributed by atoms with Gasteiger partial charge >= 0.3 is 0 Å². The number of benzene rings is 1. The van der Waals surface area contributed by atoms with E-state index in [-0.39, 0.29) is 36.5 Å². The molecule has 5 aliphatic rings. The zero-order valence-corrected chi connectivity index (χ0v) is 23.0. The van der Waals surface area contributed by atoms with Gasteiger partial charge in [0, 0.05) is 56.7 Å². The molecule has 1 aromatic carbocycles. The fourth-order valence-electron chi connectivity index (χ4n) is 7.03. The van der Waals surface area contributed by atoms with E-state index in [1.165, 1.54) is 5.69 Å². The maximum Gasteiger partial charge on any atom is 0.244 e. The van der Waals surface area contributed by atoms with Crippen LogP contribution in [0.1, 0.15) is 51.9 Å². The SMILES string of the molecule is CN1CCN(c2ccc(NC3NCC4C(=O)N5CCCCC[C@](C)(O)C6CCCC(N6)N5C4N3)cc2)CC1. The van der Waals surface area contributed by atoms with Crippen LogP contribution in [0.2, 0.25) is 0 Å². The quantitative estimate of drug-likeness (QED) is 0.397. The van der Waals surface area contributed by atoms with E-state index in [0.29, 0.717) is 6.54 Å². The normalized spacial score (nSPS) is 37.3. The van der Waals surface area contributed by atoms with E-state index in [1.54, 1.807) is 0 Å². The molecule has 5 unspecified atom stereocenters. The second kappa shape index (κ2) is 10.9. The maximum atomic E-state index is 13.6. The van der Waals surface area contributed by atoms with Crippen LogP contribution in [0.3, 0.4) is 0 Å². The molecule has 1 aromatic rings. The van der Waals surface area contributed by atoms with Gasteiger partial charge in [0.15, 0.2) is 0 Å². The number of carbonyl (C=O) groups excluding carboxylic acids is 1. The van der Waals surface area contributed by atoms with Crippen molar-refractivity contribution in [3.63, 3.8) is 0 Å². The minimum absolute atomic E-state index is 0.0337. The van der Waals surface area contributed by atoms with Crippen LogP contribution in [0.5, 0.6) is 0 Å². The molecule has 0 aliphatic carbocycles. The first-order valence-corrected chi connectivity index (χ1v) is 14.8. The summed E-state index contributed by atoms with van der Waals surface area (Å²) in [7, 11) is 2.18. The van der Waals surface area contributed by atoms with Crippen molar-refractivity contribution in [2.24, 2.45) is 5.92 Å². The summed E-state index contributed by atoms with van der Waals surface area (Å²) in [4.78, 5) is 18.4. The first-order chi connectivity index (χ1) is 18.4. The molecule has 0 aromatic heterocycles. The first-order valence-electron chi connectivity index (χ1n) is 14.8. The maximum absolute atomic E-state index is 13.6. The van der Waals surface area contributed by atoms with Gasteiger partial charge in [0.1, 0.15) is 6.29 Å². The van der Waals surface area contributed by atoms with Crippen molar-refractivity contribution < 1.29 is 9.90 Å². The van der Waals surface area contributed by atoms with Crippen molar-refractivity contribution >= 4 is 17.3 Å². The molecule has 5 N–H and O–H groups in total. The van der Waals surface area contributed by atoms with E-state index in [2.05, 4.69) is 67.4 Å². The van der Waals surface area contributed by atoms with Crippen molar-refractivity contribution in [1.82, 2.24) is 30.9 Å². The fourth-order valence-corrected chi connectivity index (χ4v) is 7.03. The molecular formula is C28H46N8O2. The number of amides is 1. The molecule has 0 saturated carbocycles. The second-order valence-corrected chi connectivity index (χ2v) is 12.2. The average Bonchev–Trinajstić information content (AvgIpc) is 3.19. The Morgan fingerprint density at radius 1 is 0.974 bits per heavy atom. The predicted octanol–water partition coefficient (Wildman–Crippen LogP) is 1.12. The summed E-state index contributed by atoms with van der Waals surface area (Å²) in [5, 5.41) is 30.2. The van der Waals surface area contributed by atoms with Crippen LogP contribution in [-0.4, -0.2) is 103 Å². The number of piperidine rings is 1. The first kappa shape index (κ1) is 26.3. The van der Waals surface area contributed by atoms with Gasteiger partial charge in [-0.2, -0.15) is 5.01 Å². The number of piperazine rings is 1. The van der Waals surface area contributed by atoms with Gasteiger partial charge in [0.05, 0.1) is 23.9 Å². The molecule has 6 atom stereocenters. The molecule has 6 rings (SSSR count). The molecule has 38 heavy (non-hydrogen) atoms. The summed E-state index contributed by atoms with van der Waals surface area (Å²) in [6.45, 7) is 7.67. The zero-order valence-electron chi connectivity index (χ0n) is 23.0. The Morgan fingerprint density at radius 3 is 2.55 bits per heavy atom. The van der Waals surface area contributed by atoms with Crippen molar-refractivity contribution in [3.05, 3.63) is 24.3 Å². The van der Waals surface area contributed by atoms with E-state index in [9.17, 15) is 9.90 Å². The van der Waals surface area contributed by atoms with Gasteiger partial charge in [0.25, 0.3) is 0 Å². The van der Waals surface area contributed by atoms with Gasteiger partial charge in [-0.1, -0.05) is 12.8 Å². The van der Waals surface area contributed by atoms with Crippen molar-refractivity contribution in [2.45, 2.75) is 82.1 Å². The summed E-state index contributed by atoms with van der Waals surface area (Å²) in [6, 6.07) is 8.75. The molecule has 5 fully saturated rings. The average molecular weight is 527 g/mol. The van der Waals surface area contributed by atoms with Gasteiger partial charge in [-0.15, -0.1) is 0 Å². The molecule has 210 valence electrons. The number of nitrogens with one attached hydrogen (secondary N) is 4. The van der Waals surface area contributed by atoms with Gasteiger partial charge in [-0.25, -0.2) is 0 Å². The smallest absolute Gasteiger partial charge is 0.244 e. The number of anilines is 2. The van der Waals surface area contributed by atoms with E-state index in [1.807, 2.05) is 11.9 Å². The Kier molecular flexibility index (Phi) is 7.54. The fraction of sp³-hybridized carbons (Fsp3) is 0.750. The topological polar surface area (TPSA) is 98.4 Å². The number of aliphatic hydroxyl groups is 1. The van der Waals surface area contributed by atoms with Crippen LogP contribution < -0.4 is 26.2 Å². The summed E-state index contributed by atoms with van der Waals surface area (Å²) < 4.78 is 0. The number of fused-ring (bicyclic) bond motifs is 6. The highest BCUT2D eigenvalue weighted by molar-refractivity contribution is 5.81. The number of carbonyl (C=O) groups is 1. The standard InChI is InChI=1S/C28H46N8O2/c1-28(38)13-4-3-5-14-35-26(37)22-19-29-27(32-25(22)36(35)24-8-6-7-23(28)31-24)30-20-9-11-21(12-10-20)34-17-15-33(2)16-18-34/h9-12,22-25,27,29-32,38H,3-8,13-19H2,1-2H3/t22?,23?,24?,25?,27?,28-/m0/s1. The molecule has 10 heteroatoms. The second-order valence-electron chi connectivity index (χ2n) is 12.2. The molecular weight excluding hydrogens is 480 g/mol. The lowest BCUT2D eigenvalue weighted by atomic mass is 9.84. The molecule has 5 heterocycles. The number of hydrogen-bond donors (Lipinski definition) is 5. The molecule has 5 aliphatic heterocycles. The highest BCUT2D eigenvalue weighted by atomic mass is 16.3. The third kappa shape index (κ3) is 5.26. The van der Waals surface area contributed by atoms with Gasteiger partial charge in [-0.3, -0.25) is 25.8 Å². The van der Waals surface area contributed by atoms with Crippen LogP contribution >= 0.6 is 0 Å². The molecule has 2 bridgehead atoms. The van der Waals surface area contributed by atoms with Gasteiger partial charge in [0.2, 0.25) is 5.91 Å². The molecule has 10 nitrogen and oxygen atoms in total. The Morgan fingerprint density at radius 2 is 1.76 bits per heavy atom. The number of hydrogen-bond acceptors (Lipinski definition) is 9.